The van der Waals surface area contributed by atoms with Crippen LogP contribution in [-0.2, 0) is 0 Å². The molecule has 0 saturated heterocycles. The van der Waals surface area contributed by atoms with Crippen LogP contribution < -0.4 is 0 Å². The van der Waals surface area contributed by atoms with E-state index < -0.39 is 4.92 Å². The molecule has 2 unspecified atom stereocenters. The number of aliphatic hydroxyl groups excluding tert-OH is 1. The van der Waals surface area contributed by atoms with Crippen molar-refractivity contribution in [1.29, 1.82) is 0 Å². The van der Waals surface area contributed by atoms with Crippen molar-refractivity contribution in [3.8, 4) is 0 Å². The largest absolute Gasteiger partial charge is 0.393 e. The van der Waals surface area contributed by atoms with E-state index in [9.17, 15) is 15.2 Å². The smallest absolute Gasteiger partial charge is 0.269 e. The Kier molecular flexibility index (Phi) is 2.46. The minimum Gasteiger partial charge on any atom is -0.393 e. The van der Waals surface area contributed by atoms with Gasteiger partial charge in [-0.25, -0.2) is 0 Å². The van der Waals surface area contributed by atoms with Gasteiger partial charge < -0.3 is 5.11 Å². The van der Waals surface area contributed by atoms with Crippen LogP contribution in [0.25, 0.3) is 0 Å². The van der Waals surface area contributed by atoms with Crippen molar-refractivity contribution in [3.05, 3.63) is 39.9 Å². The highest BCUT2D eigenvalue weighted by Crippen LogP contribution is 2.52. The predicted molar refractivity (Wildman–Crippen MR) is 60.2 cm³/mol. The molecule has 86 valence electrons. The van der Waals surface area contributed by atoms with Crippen molar-refractivity contribution < 1.29 is 10.0 Å². The number of rotatable bonds is 2. The van der Waals surface area contributed by atoms with Gasteiger partial charge in [-0.15, -0.1) is 0 Å². The number of benzene rings is 1. The molecule has 0 spiro atoms. The van der Waals surface area contributed by atoms with E-state index in [1.54, 1.807) is 12.1 Å². The Hall–Kier alpha value is -1.42. The average molecular weight is 221 g/mol. The monoisotopic (exact) mass is 221 g/mol. The summed E-state index contributed by atoms with van der Waals surface area (Å²) < 4.78 is 0. The molecule has 2 atom stereocenters. The van der Waals surface area contributed by atoms with Gasteiger partial charge in [-0.3, -0.25) is 10.1 Å². The van der Waals surface area contributed by atoms with Crippen molar-refractivity contribution in [2.45, 2.75) is 32.3 Å². The number of hydrogen-bond acceptors (Lipinski definition) is 3. The average Bonchev–Trinajstić information content (AvgIpc) is 2.26. The topological polar surface area (TPSA) is 63.4 Å². The van der Waals surface area contributed by atoms with E-state index in [1.807, 2.05) is 13.8 Å². The molecule has 0 amide bonds. The van der Waals surface area contributed by atoms with Crippen molar-refractivity contribution in [2.75, 3.05) is 0 Å². The first-order chi connectivity index (χ1) is 7.43. The molecule has 0 heterocycles. The molecular weight excluding hydrogens is 206 g/mol. The maximum atomic E-state index is 10.5. The van der Waals surface area contributed by atoms with Crippen LogP contribution in [0.1, 0.15) is 31.7 Å². The van der Waals surface area contributed by atoms with Gasteiger partial charge in [-0.05, 0) is 23.3 Å². The lowest BCUT2D eigenvalue weighted by Crippen LogP contribution is -2.47. The zero-order chi connectivity index (χ0) is 11.9. The van der Waals surface area contributed by atoms with E-state index in [2.05, 4.69) is 0 Å². The molecule has 1 fully saturated rings. The van der Waals surface area contributed by atoms with E-state index in [-0.39, 0.29) is 17.2 Å². The van der Waals surface area contributed by atoms with Crippen LogP contribution in [0.4, 0.5) is 5.69 Å². The molecule has 4 heteroatoms. The first kappa shape index (κ1) is 11.1. The highest BCUT2D eigenvalue weighted by Gasteiger charge is 2.47. The summed E-state index contributed by atoms with van der Waals surface area (Å²) in [5.74, 6) is 0.295. The Balaban J connectivity index is 2.21. The molecule has 1 aliphatic rings. The van der Waals surface area contributed by atoms with Gasteiger partial charge in [0.2, 0.25) is 0 Å². The molecular formula is C12H15NO3. The number of nitro groups is 1. The van der Waals surface area contributed by atoms with Crippen LogP contribution in [-0.4, -0.2) is 16.1 Å². The lowest BCUT2D eigenvalue weighted by molar-refractivity contribution is -0.384. The summed E-state index contributed by atoms with van der Waals surface area (Å²) in [6.45, 7) is 4.04. The molecule has 1 aromatic rings. The van der Waals surface area contributed by atoms with Gasteiger partial charge >= 0.3 is 0 Å². The predicted octanol–water partition coefficient (Wildman–Crippen LogP) is 2.47. The summed E-state index contributed by atoms with van der Waals surface area (Å²) in [4.78, 5) is 10.1. The molecule has 1 saturated carbocycles. The van der Waals surface area contributed by atoms with Crippen molar-refractivity contribution in [2.24, 2.45) is 5.41 Å². The van der Waals surface area contributed by atoms with Crippen LogP contribution >= 0.6 is 0 Å². The zero-order valence-electron chi connectivity index (χ0n) is 9.38. The third-order valence-electron chi connectivity index (χ3n) is 3.72. The zero-order valence-corrected chi connectivity index (χ0v) is 9.38. The molecule has 0 radical (unpaired) electrons. The van der Waals surface area contributed by atoms with Gasteiger partial charge in [0.05, 0.1) is 11.0 Å². The molecule has 1 aromatic carbocycles. The maximum absolute atomic E-state index is 10.5. The standard InChI is InChI=1S/C12H15NO3/c1-12(2)10(7-11(12)14)8-3-5-9(6-4-8)13(15)16/h3-6,10-11,14H,7H2,1-2H3. The second-order valence-electron chi connectivity index (χ2n) is 4.97. The van der Waals surface area contributed by atoms with Crippen LogP contribution in [0, 0.1) is 15.5 Å². The maximum Gasteiger partial charge on any atom is 0.269 e. The normalized spacial score (nSPS) is 27.2. The highest BCUT2D eigenvalue weighted by atomic mass is 16.6. The first-order valence-electron chi connectivity index (χ1n) is 5.35. The van der Waals surface area contributed by atoms with E-state index in [1.165, 1.54) is 12.1 Å². The molecule has 0 aliphatic heterocycles. The summed E-state index contributed by atoms with van der Waals surface area (Å²) in [6, 6.07) is 6.62. The second-order valence-corrected chi connectivity index (χ2v) is 4.97. The number of nitro benzene ring substituents is 1. The van der Waals surface area contributed by atoms with Crippen molar-refractivity contribution in [3.63, 3.8) is 0 Å². The van der Waals surface area contributed by atoms with Gasteiger partial charge in [0.25, 0.3) is 5.69 Å². The molecule has 2 rings (SSSR count). The van der Waals surface area contributed by atoms with Crippen LogP contribution in [0.15, 0.2) is 24.3 Å². The minimum atomic E-state index is -0.398. The molecule has 0 aromatic heterocycles. The summed E-state index contributed by atoms with van der Waals surface area (Å²) in [5, 5.41) is 20.2. The van der Waals surface area contributed by atoms with Crippen LogP contribution in [0.5, 0.6) is 0 Å². The summed E-state index contributed by atoms with van der Waals surface area (Å²) >= 11 is 0. The minimum absolute atomic E-state index is 0.112. The Morgan fingerprint density at radius 3 is 2.31 bits per heavy atom. The number of aliphatic hydroxyl groups is 1. The Morgan fingerprint density at radius 2 is 1.94 bits per heavy atom. The Labute approximate surface area is 94.1 Å². The van der Waals surface area contributed by atoms with Gasteiger partial charge in [0, 0.05) is 12.1 Å². The second kappa shape index (κ2) is 3.56. The quantitative estimate of drug-likeness (QED) is 0.616. The van der Waals surface area contributed by atoms with E-state index in [4.69, 9.17) is 0 Å². The highest BCUT2D eigenvalue weighted by molar-refractivity contribution is 5.36. The number of nitrogens with zero attached hydrogens (tertiary/aromatic N) is 1. The Bertz CT molecular complexity index is 411. The van der Waals surface area contributed by atoms with Gasteiger partial charge in [0.1, 0.15) is 0 Å². The lowest BCUT2D eigenvalue weighted by Gasteiger charge is -2.49. The van der Waals surface area contributed by atoms with E-state index in [0.717, 1.165) is 12.0 Å². The Morgan fingerprint density at radius 1 is 1.38 bits per heavy atom. The van der Waals surface area contributed by atoms with Crippen molar-refractivity contribution >= 4 is 5.69 Å². The van der Waals surface area contributed by atoms with Crippen molar-refractivity contribution in [1.82, 2.24) is 0 Å². The summed E-state index contributed by atoms with van der Waals surface area (Å²) in [7, 11) is 0. The van der Waals surface area contributed by atoms with Gasteiger partial charge in [0.15, 0.2) is 0 Å². The summed E-state index contributed by atoms with van der Waals surface area (Å²) in [5.41, 5.74) is 1.05. The number of non-ortho nitro benzene ring substituents is 1. The SMILES string of the molecule is CC1(C)C(O)CC1c1ccc([N+](=O)[O-])cc1. The fourth-order valence-electron chi connectivity index (χ4n) is 2.30. The van der Waals surface area contributed by atoms with Crippen LogP contribution in [0.3, 0.4) is 0 Å². The molecule has 0 bridgehead atoms. The first-order valence-corrected chi connectivity index (χ1v) is 5.35. The van der Waals surface area contributed by atoms with Crippen LogP contribution in [0.2, 0.25) is 0 Å². The molecule has 16 heavy (non-hydrogen) atoms. The van der Waals surface area contributed by atoms with E-state index in [0.29, 0.717) is 5.92 Å². The lowest BCUT2D eigenvalue weighted by atomic mass is 9.58. The molecule has 1 N–H and O–H groups in total. The van der Waals surface area contributed by atoms with E-state index >= 15 is 0 Å². The molecule has 1 aliphatic carbocycles. The van der Waals surface area contributed by atoms with Gasteiger partial charge in [-0.2, -0.15) is 0 Å². The molecule has 4 nitrogen and oxygen atoms in total. The third-order valence-corrected chi connectivity index (χ3v) is 3.72. The third kappa shape index (κ3) is 1.59. The summed E-state index contributed by atoms with van der Waals surface area (Å²) in [6.07, 6.45) is 0.470. The number of hydrogen-bond donors (Lipinski definition) is 1. The van der Waals surface area contributed by atoms with Gasteiger partial charge in [-0.1, -0.05) is 26.0 Å². The fraction of sp³-hybridized carbons (Fsp3) is 0.500. The fourth-order valence-corrected chi connectivity index (χ4v) is 2.30.